The van der Waals surface area contributed by atoms with Crippen LogP contribution in [0.1, 0.15) is 37.8 Å². The van der Waals surface area contributed by atoms with Crippen LogP contribution in [0.3, 0.4) is 0 Å². The molecule has 96 valence electrons. The molecule has 2 rings (SSSR count). The van der Waals surface area contributed by atoms with Crippen molar-refractivity contribution in [2.75, 3.05) is 6.61 Å². The Morgan fingerprint density at radius 1 is 1.50 bits per heavy atom. The number of benzene rings is 1. The molecule has 1 atom stereocenters. The molecule has 1 aliphatic rings. The van der Waals surface area contributed by atoms with E-state index in [2.05, 4.69) is 19.9 Å². The van der Waals surface area contributed by atoms with Crippen LogP contribution in [-0.4, -0.2) is 18.3 Å². The normalized spacial score (nSPS) is 21.6. The van der Waals surface area contributed by atoms with Gasteiger partial charge in [-0.25, -0.2) is 0 Å². The van der Waals surface area contributed by atoms with Gasteiger partial charge in [-0.2, -0.15) is 5.26 Å². The number of nitrogens with zero attached hydrogens (tertiary/aromatic N) is 1. The van der Waals surface area contributed by atoms with Gasteiger partial charge in [0.05, 0.1) is 23.3 Å². The van der Waals surface area contributed by atoms with Crippen molar-refractivity contribution in [3.63, 3.8) is 0 Å². The van der Waals surface area contributed by atoms with Gasteiger partial charge in [-0.15, -0.1) is 0 Å². The Bertz CT molecular complexity index is 474. The Balaban J connectivity index is 1.97. The minimum absolute atomic E-state index is 0.0302. The molecule has 0 bridgehead atoms. The minimum Gasteiger partial charge on any atom is -0.491 e. The van der Waals surface area contributed by atoms with Crippen molar-refractivity contribution in [2.45, 2.75) is 45.3 Å². The summed E-state index contributed by atoms with van der Waals surface area (Å²) in [7, 11) is 0. The van der Waals surface area contributed by atoms with Gasteiger partial charge < -0.3 is 9.47 Å². The first-order valence-corrected chi connectivity index (χ1v) is 6.31. The van der Waals surface area contributed by atoms with Crippen LogP contribution in [-0.2, 0) is 4.74 Å². The summed E-state index contributed by atoms with van der Waals surface area (Å²) in [5.41, 5.74) is 1.65. The topological polar surface area (TPSA) is 42.2 Å². The SMILES string of the molecule is Cc1ccc(C#N)cc1OCC1CCC(C)(C)O1. The van der Waals surface area contributed by atoms with E-state index in [0.717, 1.165) is 24.2 Å². The van der Waals surface area contributed by atoms with Crippen molar-refractivity contribution in [3.05, 3.63) is 29.3 Å². The van der Waals surface area contributed by atoms with E-state index in [9.17, 15) is 0 Å². The maximum atomic E-state index is 8.87. The lowest BCUT2D eigenvalue weighted by atomic mass is 10.1. The summed E-state index contributed by atoms with van der Waals surface area (Å²) in [6.45, 7) is 6.75. The lowest BCUT2D eigenvalue weighted by molar-refractivity contribution is -0.0327. The minimum atomic E-state index is -0.0302. The molecule has 0 saturated carbocycles. The summed E-state index contributed by atoms with van der Waals surface area (Å²) in [6.07, 6.45) is 2.26. The third-order valence-electron chi connectivity index (χ3n) is 3.30. The van der Waals surface area contributed by atoms with Crippen molar-refractivity contribution in [1.82, 2.24) is 0 Å². The summed E-state index contributed by atoms with van der Waals surface area (Å²) in [6, 6.07) is 7.62. The molecule has 1 aliphatic heterocycles. The fourth-order valence-corrected chi connectivity index (χ4v) is 2.20. The number of nitriles is 1. The second kappa shape index (κ2) is 4.99. The highest BCUT2D eigenvalue weighted by Crippen LogP contribution is 2.30. The third kappa shape index (κ3) is 3.02. The highest BCUT2D eigenvalue weighted by molar-refractivity contribution is 5.41. The summed E-state index contributed by atoms with van der Waals surface area (Å²) in [4.78, 5) is 0. The molecule has 1 fully saturated rings. The van der Waals surface area contributed by atoms with Crippen molar-refractivity contribution in [1.29, 1.82) is 5.26 Å². The zero-order valence-electron chi connectivity index (χ0n) is 11.2. The van der Waals surface area contributed by atoms with Crippen LogP contribution in [0.4, 0.5) is 0 Å². The van der Waals surface area contributed by atoms with E-state index in [1.54, 1.807) is 12.1 Å². The number of rotatable bonds is 3. The van der Waals surface area contributed by atoms with Gasteiger partial charge in [-0.3, -0.25) is 0 Å². The average molecular weight is 245 g/mol. The molecule has 0 aromatic heterocycles. The quantitative estimate of drug-likeness (QED) is 0.821. The summed E-state index contributed by atoms with van der Waals surface area (Å²) >= 11 is 0. The molecule has 18 heavy (non-hydrogen) atoms. The van der Waals surface area contributed by atoms with Gasteiger partial charge in [0.1, 0.15) is 12.4 Å². The van der Waals surface area contributed by atoms with Crippen molar-refractivity contribution in [3.8, 4) is 11.8 Å². The predicted molar refractivity (Wildman–Crippen MR) is 69.6 cm³/mol. The zero-order chi connectivity index (χ0) is 13.2. The fraction of sp³-hybridized carbons (Fsp3) is 0.533. The van der Waals surface area contributed by atoms with Gasteiger partial charge in [0, 0.05) is 0 Å². The smallest absolute Gasteiger partial charge is 0.123 e. The van der Waals surface area contributed by atoms with Gasteiger partial charge in [0.2, 0.25) is 0 Å². The van der Waals surface area contributed by atoms with Gasteiger partial charge in [-0.1, -0.05) is 6.07 Å². The highest BCUT2D eigenvalue weighted by atomic mass is 16.6. The molecule has 0 spiro atoms. The summed E-state index contributed by atoms with van der Waals surface area (Å²) in [5.74, 6) is 0.780. The molecule has 1 aromatic carbocycles. The average Bonchev–Trinajstić information content (AvgIpc) is 2.68. The molecule has 1 aromatic rings. The van der Waals surface area contributed by atoms with Gasteiger partial charge in [-0.05, 0) is 51.3 Å². The number of hydrogen-bond donors (Lipinski definition) is 0. The van der Waals surface area contributed by atoms with Crippen LogP contribution in [0.15, 0.2) is 18.2 Å². The third-order valence-corrected chi connectivity index (χ3v) is 3.30. The fourth-order valence-electron chi connectivity index (χ4n) is 2.20. The highest BCUT2D eigenvalue weighted by Gasteiger charge is 2.31. The molecule has 0 aliphatic carbocycles. The van der Waals surface area contributed by atoms with Crippen molar-refractivity contribution >= 4 is 0 Å². The lowest BCUT2D eigenvalue weighted by Gasteiger charge is -2.19. The Kier molecular flexibility index (Phi) is 3.58. The molecular weight excluding hydrogens is 226 g/mol. The van der Waals surface area contributed by atoms with Crippen molar-refractivity contribution in [2.24, 2.45) is 0 Å². The molecule has 1 heterocycles. The van der Waals surface area contributed by atoms with E-state index in [-0.39, 0.29) is 11.7 Å². The molecule has 0 amide bonds. The predicted octanol–water partition coefficient (Wildman–Crippen LogP) is 3.20. The van der Waals surface area contributed by atoms with Gasteiger partial charge >= 0.3 is 0 Å². The second-order valence-corrected chi connectivity index (χ2v) is 5.44. The Hall–Kier alpha value is -1.53. The van der Waals surface area contributed by atoms with Crippen molar-refractivity contribution < 1.29 is 9.47 Å². The van der Waals surface area contributed by atoms with Crippen LogP contribution in [0.2, 0.25) is 0 Å². The molecule has 3 nitrogen and oxygen atoms in total. The molecule has 3 heteroatoms. The van der Waals surface area contributed by atoms with E-state index in [1.165, 1.54) is 0 Å². The maximum Gasteiger partial charge on any atom is 0.123 e. The number of ether oxygens (including phenoxy) is 2. The van der Waals surface area contributed by atoms with Gasteiger partial charge in [0.25, 0.3) is 0 Å². The molecule has 0 radical (unpaired) electrons. The van der Waals surface area contributed by atoms with Crippen LogP contribution in [0.5, 0.6) is 5.75 Å². The Labute approximate surface area is 108 Å². The van der Waals surface area contributed by atoms with E-state index in [4.69, 9.17) is 14.7 Å². The van der Waals surface area contributed by atoms with E-state index in [1.807, 2.05) is 13.0 Å². The standard InChI is InChI=1S/C15H19NO2/c1-11-4-5-12(9-16)8-14(11)17-10-13-6-7-15(2,3)18-13/h4-5,8,13H,6-7,10H2,1-3H3. The number of hydrogen-bond acceptors (Lipinski definition) is 3. The summed E-state index contributed by atoms with van der Waals surface area (Å²) in [5, 5.41) is 8.87. The van der Waals surface area contributed by atoms with E-state index < -0.39 is 0 Å². The first kappa shape index (κ1) is 12.9. The van der Waals surface area contributed by atoms with Gasteiger partial charge in [0.15, 0.2) is 0 Å². The Morgan fingerprint density at radius 2 is 2.28 bits per heavy atom. The lowest BCUT2D eigenvalue weighted by Crippen LogP contribution is -2.24. The van der Waals surface area contributed by atoms with E-state index >= 15 is 0 Å². The molecule has 0 N–H and O–H groups in total. The largest absolute Gasteiger partial charge is 0.491 e. The monoisotopic (exact) mass is 245 g/mol. The first-order valence-electron chi connectivity index (χ1n) is 6.31. The van der Waals surface area contributed by atoms with E-state index in [0.29, 0.717) is 12.2 Å². The maximum absolute atomic E-state index is 8.87. The van der Waals surface area contributed by atoms with Crippen LogP contribution in [0, 0.1) is 18.3 Å². The molecule has 1 saturated heterocycles. The first-order chi connectivity index (χ1) is 8.50. The Morgan fingerprint density at radius 3 is 2.89 bits per heavy atom. The zero-order valence-corrected chi connectivity index (χ0v) is 11.2. The second-order valence-electron chi connectivity index (χ2n) is 5.44. The number of aryl methyl sites for hydroxylation is 1. The molecule has 1 unspecified atom stereocenters. The van der Waals surface area contributed by atoms with Crippen LogP contribution in [0.25, 0.3) is 0 Å². The summed E-state index contributed by atoms with van der Waals surface area (Å²) < 4.78 is 11.7. The van der Waals surface area contributed by atoms with Crippen LogP contribution < -0.4 is 4.74 Å². The molecular formula is C15H19NO2. The van der Waals surface area contributed by atoms with Crippen LogP contribution >= 0.6 is 0 Å².